The largest absolute Gasteiger partial charge is 0.336 e. The molecule has 0 bridgehead atoms. The minimum atomic E-state index is -0.309. The number of hydrogen-bond donors (Lipinski definition) is 0. The van der Waals surface area contributed by atoms with Crippen LogP contribution in [-0.2, 0) is 0 Å². The van der Waals surface area contributed by atoms with Crippen LogP contribution in [0.5, 0.6) is 0 Å². The molecular weight excluding hydrogens is 297 g/mol. The van der Waals surface area contributed by atoms with Crippen LogP contribution in [0.3, 0.4) is 0 Å². The molecule has 1 aliphatic rings. The van der Waals surface area contributed by atoms with Gasteiger partial charge in [0, 0.05) is 19.6 Å². The summed E-state index contributed by atoms with van der Waals surface area (Å²) in [7, 11) is 2.06. The van der Waals surface area contributed by atoms with Gasteiger partial charge >= 0.3 is 0 Å². The topological polar surface area (TPSA) is 54.3 Å². The molecule has 2 heterocycles. The third-order valence-electron chi connectivity index (χ3n) is 4.18. The van der Waals surface area contributed by atoms with Gasteiger partial charge in [-0.15, -0.1) is 5.10 Å². The van der Waals surface area contributed by atoms with Crippen LogP contribution in [0, 0.1) is 12.7 Å². The highest BCUT2D eigenvalue weighted by molar-refractivity contribution is 5.93. The number of hydrogen-bond acceptors (Lipinski definition) is 4. The number of aromatic nitrogens is 3. The second kappa shape index (κ2) is 6.45. The fourth-order valence-corrected chi connectivity index (χ4v) is 2.75. The zero-order chi connectivity index (χ0) is 16.4. The van der Waals surface area contributed by atoms with Crippen molar-refractivity contribution < 1.29 is 9.18 Å². The number of rotatable bonds is 2. The molecule has 1 saturated heterocycles. The molecule has 0 saturated carbocycles. The standard InChI is InChI=1S/C16H20FN5O/c1-12-15(16(23)21-9-3-8-20(2)10-11-21)18-19-22(12)14-6-4-13(17)5-7-14/h4-7H,3,8-11H2,1-2H3. The molecule has 7 heteroatoms. The lowest BCUT2D eigenvalue weighted by Gasteiger charge is -2.19. The zero-order valence-corrected chi connectivity index (χ0v) is 13.4. The molecule has 1 aromatic heterocycles. The van der Waals surface area contributed by atoms with Crippen molar-refractivity contribution in [2.24, 2.45) is 0 Å². The quantitative estimate of drug-likeness (QED) is 0.842. The van der Waals surface area contributed by atoms with Crippen molar-refractivity contribution >= 4 is 5.91 Å². The Morgan fingerprint density at radius 3 is 2.61 bits per heavy atom. The van der Waals surface area contributed by atoms with Gasteiger partial charge in [-0.3, -0.25) is 4.79 Å². The van der Waals surface area contributed by atoms with Crippen LogP contribution >= 0.6 is 0 Å². The number of carbonyl (C=O) groups is 1. The van der Waals surface area contributed by atoms with Gasteiger partial charge in [0.05, 0.1) is 11.4 Å². The highest BCUT2D eigenvalue weighted by Crippen LogP contribution is 2.15. The van der Waals surface area contributed by atoms with Gasteiger partial charge in [-0.2, -0.15) is 0 Å². The van der Waals surface area contributed by atoms with Crippen LogP contribution in [-0.4, -0.2) is 63.9 Å². The molecule has 0 atom stereocenters. The maximum atomic E-state index is 13.0. The van der Waals surface area contributed by atoms with Crippen LogP contribution < -0.4 is 0 Å². The van der Waals surface area contributed by atoms with E-state index in [9.17, 15) is 9.18 Å². The van der Waals surface area contributed by atoms with E-state index in [4.69, 9.17) is 0 Å². The number of likely N-dealkylation sites (N-methyl/N-ethyl adjacent to an activating group) is 1. The smallest absolute Gasteiger partial charge is 0.276 e. The molecule has 1 aliphatic heterocycles. The summed E-state index contributed by atoms with van der Waals surface area (Å²) in [6.07, 6.45) is 0.952. The van der Waals surface area contributed by atoms with E-state index in [0.717, 1.165) is 26.1 Å². The average Bonchev–Trinajstić information content (AvgIpc) is 2.78. The Bertz CT molecular complexity index is 697. The molecule has 0 radical (unpaired) electrons. The molecule has 0 spiro atoms. The third-order valence-corrected chi connectivity index (χ3v) is 4.18. The van der Waals surface area contributed by atoms with E-state index in [0.29, 0.717) is 23.6 Å². The predicted octanol–water partition coefficient (Wildman–Crippen LogP) is 1.49. The molecule has 3 rings (SSSR count). The molecule has 0 unspecified atom stereocenters. The fourth-order valence-electron chi connectivity index (χ4n) is 2.75. The van der Waals surface area contributed by atoms with Crippen molar-refractivity contribution in [3.63, 3.8) is 0 Å². The van der Waals surface area contributed by atoms with Crippen molar-refractivity contribution in [1.29, 1.82) is 0 Å². The van der Waals surface area contributed by atoms with Crippen LogP contribution in [0.15, 0.2) is 24.3 Å². The first-order chi connectivity index (χ1) is 11.1. The lowest BCUT2D eigenvalue weighted by molar-refractivity contribution is 0.0756. The molecule has 0 aliphatic carbocycles. The van der Waals surface area contributed by atoms with Gasteiger partial charge in [0.15, 0.2) is 5.69 Å². The summed E-state index contributed by atoms with van der Waals surface area (Å²) in [5.41, 5.74) is 1.71. The monoisotopic (exact) mass is 317 g/mol. The molecule has 1 aromatic carbocycles. The Hall–Kier alpha value is -2.28. The molecular formula is C16H20FN5O. The van der Waals surface area contributed by atoms with Crippen LogP contribution in [0.25, 0.3) is 5.69 Å². The summed E-state index contributed by atoms with van der Waals surface area (Å²) >= 11 is 0. The molecule has 6 nitrogen and oxygen atoms in total. The molecule has 2 aromatic rings. The maximum absolute atomic E-state index is 13.0. The first-order valence-corrected chi connectivity index (χ1v) is 7.72. The van der Waals surface area contributed by atoms with E-state index < -0.39 is 0 Å². The summed E-state index contributed by atoms with van der Waals surface area (Å²) in [5, 5.41) is 8.11. The highest BCUT2D eigenvalue weighted by atomic mass is 19.1. The minimum Gasteiger partial charge on any atom is -0.336 e. The van der Waals surface area contributed by atoms with Gasteiger partial charge in [-0.25, -0.2) is 9.07 Å². The van der Waals surface area contributed by atoms with E-state index >= 15 is 0 Å². The minimum absolute atomic E-state index is 0.0915. The lowest BCUT2D eigenvalue weighted by Crippen LogP contribution is -2.35. The van der Waals surface area contributed by atoms with Crippen LogP contribution in [0.1, 0.15) is 22.6 Å². The average molecular weight is 317 g/mol. The van der Waals surface area contributed by atoms with Crippen molar-refractivity contribution in [2.75, 3.05) is 33.2 Å². The maximum Gasteiger partial charge on any atom is 0.276 e. The summed E-state index contributed by atoms with van der Waals surface area (Å²) < 4.78 is 14.6. The zero-order valence-electron chi connectivity index (χ0n) is 13.4. The van der Waals surface area contributed by atoms with Gasteiger partial charge in [-0.1, -0.05) is 5.21 Å². The first-order valence-electron chi connectivity index (χ1n) is 7.72. The Morgan fingerprint density at radius 2 is 1.87 bits per heavy atom. The van der Waals surface area contributed by atoms with Crippen molar-refractivity contribution in [1.82, 2.24) is 24.8 Å². The Morgan fingerprint density at radius 1 is 1.13 bits per heavy atom. The molecule has 23 heavy (non-hydrogen) atoms. The summed E-state index contributed by atoms with van der Waals surface area (Å²) in [5.74, 6) is -0.400. The van der Waals surface area contributed by atoms with Crippen molar-refractivity contribution in [3.8, 4) is 5.69 Å². The molecule has 1 fully saturated rings. The number of carbonyl (C=O) groups excluding carboxylic acids is 1. The second-order valence-corrected chi connectivity index (χ2v) is 5.86. The molecule has 0 N–H and O–H groups in total. The summed E-state index contributed by atoms with van der Waals surface area (Å²) in [6, 6.07) is 5.96. The fraction of sp³-hybridized carbons (Fsp3) is 0.438. The lowest BCUT2D eigenvalue weighted by atomic mass is 10.2. The second-order valence-electron chi connectivity index (χ2n) is 5.86. The molecule has 1 amide bonds. The van der Waals surface area contributed by atoms with Gasteiger partial charge in [-0.05, 0) is 51.2 Å². The van der Waals surface area contributed by atoms with E-state index in [1.807, 2.05) is 4.90 Å². The van der Waals surface area contributed by atoms with Gasteiger partial charge < -0.3 is 9.80 Å². The van der Waals surface area contributed by atoms with Crippen molar-refractivity contribution in [2.45, 2.75) is 13.3 Å². The van der Waals surface area contributed by atoms with Crippen LogP contribution in [0.2, 0.25) is 0 Å². The van der Waals surface area contributed by atoms with Crippen LogP contribution in [0.4, 0.5) is 4.39 Å². The van der Waals surface area contributed by atoms with E-state index in [2.05, 4.69) is 22.3 Å². The van der Waals surface area contributed by atoms with Crippen molar-refractivity contribution in [3.05, 3.63) is 41.5 Å². The molecule has 122 valence electrons. The Labute approximate surface area is 134 Å². The van der Waals surface area contributed by atoms with E-state index in [1.54, 1.807) is 23.7 Å². The van der Waals surface area contributed by atoms with E-state index in [1.165, 1.54) is 12.1 Å². The number of halogens is 1. The third kappa shape index (κ3) is 3.24. The number of amides is 1. The Kier molecular flexibility index (Phi) is 4.38. The highest BCUT2D eigenvalue weighted by Gasteiger charge is 2.24. The van der Waals surface area contributed by atoms with Gasteiger partial charge in [0.2, 0.25) is 0 Å². The van der Waals surface area contributed by atoms with Gasteiger partial charge in [0.25, 0.3) is 5.91 Å². The SMILES string of the molecule is Cc1c(C(=O)N2CCCN(C)CC2)nnn1-c1ccc(F)cc1. The van der Waals surface area contributed by atoms with E-state index in [-0.39, 0.29) is 11.7 Å². The summed E-state index contributed by atoms with van der Waals surface area (Å²) in [4.78, 5) is 16.8. The number of benzene rings is 1. The predicted molar refractivity (Wildman–Crippen MR) is 84.1 cm³/mol. The summed E-state index contributed by atoms with van der Waals surface area (Å²) in [6.45, 7) is 5.08. The Balaban J connectivity index is 1.83. The van der Waals surface area contributed by atoms with Gasteiger partial charge in [0.1, 0.15) is 5.82 Å². The number of nitrogens with zero attached hydrogens (tertiary/aromatic N) is 5. The normalized spacial score (nSPS) is 16.4. The first kappa shape index (κ1) is 15.6.